The number of nitrogens with zero attached hydrogens (tertiary/aromatic N) is 1. The number of carbonyl (C=O) groups is 1. The van der Waals surface area contributed by atoms with Gasteiger partial charge in [-0.1, -0.05) is 81.3 Å². The van der Waals surface area contributed by atoms with Crippen molar-refractivity contribution in [3.05, 3.63) is 107 Å². The molecule has 1 aliphatic rings. The summed E-state index contributed by atoms with van der Waals surface area (Å²) in [4.78, 5) is 15.5. The maximum Gasteiger partial charge on any atom is 0.275 e. The predicted molar refractivity (Wildman–Crippen MR) is 138 cm³/mol. The topological polar surface area (TPSA) is 32.3 Å². The Labute approximate surface area is 198 Å². The van der Waals surface area contributed by atoms with E-state index in [4.69, 9.17) is 0 Å². The molecule has 3 heteroatoms. The molecule has 170 valence electrons. The highest BCUT2D eigenvalue weighted by Crippen LogP contribution is 2.36. The van der Waals surface area contributed by atoms with E-state index in [9.17, 15) is 4.79 Å². The van der Waals surface area contributed by atoms with Gasteiger partial charge in [-0.05, 0) is 72.7 Å². The second-order valence-corrected chi connectivity index (χ2v) is 8.81. The molecule has 0 unspecified atom stereocenters. The molecule has 1 amide bonds. The maximum atomic E-state index is 13.6. The number of hydrogen-bond acceptors (Lipinski definition) is 2. The minimum atomic E-state index is -0.133. The lowest BCUT2D eigenvalue weighted by Crippen LogP contribution is -2.30. The number of unbranched alkanes of at least 4 members (excludes halogenated alkanes) is 2. The molecule has 3 aromatic carbocycles. The van der Waals surface area contributed by atoms with Crippen molar-refractivity contribution in [3.63, 3.8) is 0 Å². The molecule has 0 fully saturated rings. The molecule has 4 rings (SSSR count). The molecule has 0 saturated carbocycles. The summed E-state index contributed by atoms with van der Waals surface area (Å²) in [5.74, 6) is 0.000204. The van der Waals surface area contributed by atoms with E-state index >= 15 is 0 Å². The third-order valence-corrected chi connectivity index (χ3v) is 6.28. The van der Waals surface area contributed by atoms with Gasteiger partial charge in [0, 0.05) is 11.4 Å². The smallest absolute Gasteiger partial charge is 0.275 e. The molecular formula is C30H34N2O. The molecule has 33 heavy (non-hydrogen) atoms. The van der Waals surface area contributed by atoms with Gasteiger partial charge in [-0.2, -0.15) is 0 Å². The predicted octanol–water partition coefficient (Wildman–Crippen LogP) is 7.46. The summed E-state index contributed by atoms with van der Waals surface area (Å²) in [5, 5.41) is 3.38. The van der Waals surface area contributed by atoms with Gasteiger partial charge in [0.1, 0.15) is 5.70 Å². The Morgan fingerprint density at radius 3 is 1.91 bits per heavy atom. The normalized spacial score (nSPS) is 15.6. The van der Waals surface area contributed by atoms with Crippen molar-refractivity contribution in [1.82, 2.24) is 0 Å². The zero-order valence-corrected chi connectivity index (χ0v) is 19.8. The third kappa shape index (κ3) is 5.54. The van der Waals surface area contributed by atoms with Crippen LogP contribution in [-0.2, 0) is 17.6 Å². The number of aryl methyl sites for hydroxylation is 2. The molecule has 3 nitrogen and oxygen atoms in total. The van der Waals surface area contributed by atoms with Crippen LogP contribution in [0.25, 0.3) is 0 Å². The van der Waals surface area contributed by atoms with Gasteiger partial charge in [0.15, 0.2) is 0 Å². The summed E-state index contributed by atoms with van der Waals surface area (Å²) < 4.78 is 0. The van der Waals surface area contributed by atoms with Crippen LogP contribution in [0.2, 0.25) is 0 Å². The number of anilines is 2. The number of carbonyl (C=O) groups excluding carboxylic acids is 1. The zero-order valence-electron chi connectivity index (χ0n) is 19.8. The molecule has 0 aromatic heterocycles. The van der Waals surface area contributed by atoms with Crippen LogP contribution in [0.4, 0.5) is 11.4 Å². The van der Waals surface area contributed by atoms with Gasteiger partial charge < -0.3 is 5.32 Å². The SMILES string of the molecule is CCCCc1ccc(NC2=C[C@H](c3ccccc3)N(c3ccc(CCCC)cc3)C2=O)cc1. The van der Waals surface area contributed by atoms with Crippen LogP contribution in [0, 0.1) is 0 Å². The summed E-state index contributed by atoms with van der Waals surface area (Å²) in [7, 11) is 0. The largest absolute Gasteiger partial charge is 0.351 e. The molecule has 0 bridgehead atoms. The van der Waals surface area contributed by atoms with Crippen LogP contribution in [0.5, 0.6) is 0 Å². The lowest BCUT2D eigenvalue weighted by Gasteiger charge is -2.25. The molecular weight excluding hydrogens is 404 g/mol. The Morgan fingerprint density at radius 1 is 0.758 bits per heavy atom. The monoisotopic (exact) mass is 438 g/mol. The lowest BCUT2D eigenvalue weighted by atomic mass is 10.0. The molecule has 0 saturated heterocycles. The van der Waals surface area contributed by atoms with Crippen LogP contribution in [-0.4, -0.2) is 5.91 Å². The average Bonchev–Trinajstić information content (AvgIpc) is 3.19. The highest BCUT2D eigenvalue weighted by molar-refractivity contribution is 6.11. The second-order valence-electron chi connectivity index (χ2n) is 8.81. The summed E-state index contributed by atoms with van der Waals surface area (Å²) in [5.41, 5.74) is 6.25. The summed E-state index contributed by atoms with van der Waals surface area (Å²) in [6.07, 6.45) is 8.97. The van der Waals surface area contributed by atoms with Gasteiger partial charge in [-0.3, -0.25) is 9.69 Å². The Bertz CT molecular complexity index is 1070. The first kappa shape index (κ1) is 22.8. The van der Waals surface area contributed by atoms with E-state index in [1.807, 2.05) is 29.2 Å². The molecule has 1 N–H and O–H groups in total. The minimum absolute atomic E-state index is 0.000204. The molecule has 3 aromatic rings. The first-order valence-corrected chi connectivity index (χ1v) is 12.2. The van der Waals surface area contributed by atoms with Crippen LogP contribution < -0.4 is 10.2 Å². The van der Waals surface area contributed by atoms with E-state index in [0.717, 1.165) is 29.8 Å². The van der Waals surface area contributed by atoms with Crippen LogP contribution in [0.3, 0.4) is 0 Å². The first-order chi connectivity index (χ1) is 16.2. The van der Waals surface area contributed by atoms with Crippen LogP contribution >= 0.6 is 0 Å². The van der Waals surface area contributed by atoms with E-state index in [1.165, 1.54) is 36.8 Å². The quantitative estimate of drug-likeness (QED) is 0.356. The minimum Gasteiger partial charge on any atom is -0.351 e. The molecule has 1 heterocycles. The first-order valence-electron chi connectivity index (χ1n) is 12.2. The van der Waals surface area contributed by atoms with Crippen LogP contribution in [0.15, 0.2) is 90.6 Å². The number of benzene rings is 3. The fraction of sp³-hybridized carbons (Fsp3) is 0.300. The Balaban J connectivity index is 1.58. The van der Waals surface area contributed by atoms with Crippen molar-refractivity contribution in [2.75, 3.05) is 10.2 Å². The Kier molecular flexibility index (Phi) is 7.62. The average molecular weight is 439 g/mol. The fourth-order valence-electron chi connectivity index (χ4n) is 4.32. The summed E-state index contributed by atoms with van der Waals surface area (Å²) >= 11 is 0. The van der Waals surface area contributed by atoms with Gasteiger partial charge in [0.2, 0.25) is 0 Å². The van der Waals surface area contributed by atoms with Crippen LogP contribution in [0.1, 0.15) is 62.3 Å². The second kappa shape index (κ2) is 11.0. The van der Waals surface area contributed by atoms with Crippen molar-refractivity contribution in [3.8, 4) is 0 Å². The highest BCUT2D eigenvalue weighted by atomic mass is 16.2. The standard InChI is InChI=1S/C30H34N2O/c1-3-5-10-23-14-18-26(19-15-23)31-28-22-29(25-12-8-7-9-13-25)32(30(28)33)27-20-16-24(17-21-27)11-6-4-2/h7-9,12-22,29,31H,3-6,10-11H2,1-2H3/t29-/m1/s1. The maximum absolute atomic E-state index is 13.6. The van der Waals surface area contributed by atoms with E-state index in [1.54, 1.807) is 0 Å². The van der Waals surface area contributed by atoms with Crippen molar-refractivity contribution >= 4 is 17.3 Å². The van der Waals surface area contributed by atoms with Crippen molar-refractivity contribution < 1.29 is 4.79 Å². The van der Waals surface area contributed by atoms with Gasteiger partial charge in [0.25, 0.3) is 5.91 Å². The third-order valence-electron chi connectivity index (χ3n) is 6.28. The zero-order chi connectivity index (χ0) is 23.0. The van der Waals surface area contributed by atoms with E-state index in [-0.39, 0.29) is 11.9 Å². The van der Waals surface area contributed by atoms with Gasteiger partial charge in [-0.15, -0.1) is 0 Å². The molecule has 0 spiro atoms. The summed E-state index contributed by atoms with van der Waals surface area (Å²) in [6.45, 7) is 4.42. The number of nitrogens with one attached hydrogen (secondary N) is 1. The Morgan fingerprint density at radius 2 is 1.33 bits per heavy atom. The van der Waals surface area contributed by atoms with Gasteiger partial charge >= 0.3 is 0 Å². The molecule has 0 aliphatic carbocycles. The molecule has 1 aliphatic heterocycles. The van der Waals surface area contributed by atoms with Gasteiger partial charge in [0.05, 0.1) is 6.04 Å². The summed E-state index contributed by atoms with van der Waals surface area (Å²) in [6, 6.07) is 27.0. The molecule has 1 atom stereocenters. The number of rotatable bonds is 10. The van der Waals surface area contributed by atoms with E-state index in [0.29, 0.717) is 5.70 Å². The number of hydrogen-bond donors (Lipinski definition) is 1. The number of amides is 1. The van der Waals surface area contributed by atoms with Gasteiger partial charge in [-0.25, -0.2) is 0 Å². The van der Waals surface area contributed by atoms with Crippen molar-refractivity contribution in [2.45, 2.75) is 58.4 Å². The van der Waals surface area contributed by atoms with E-state index in [2.05, 4.69) is 79.8 Å². The fourth-order valence-corrected chi connectivity index (χ4v) is 4.32. The Hall–Kier alpha value is -3.33. The van der Waals surface area contributed by atoms with Crippen molar-refractivity contribution in [1.29, 1.82) is 0 Å². The lowest BCUT2D eigenvalue weighted by molar-refractivity contribution is -0.114. The van der Waals surface area contributed by atoms with Crippen molar-refractivity contribution in [2.24, 2.45) is 0 Å². The molecule has 0 radical (unpaired) electrons. The van der Waals surface area contributed by atoms with E-state index < -0.39 is 0 Å². The highest BCUT2D eigenvalue weighted by Gasteiger charge is 2.34.